The van der Waals surface area contributed by atoms with Gasteiger partial charge in [-0.05, 0) is 52.9 Å². The molecule has 0 bridgehead atoms. The maximum Gasteiger partial charge on any atom is 0.319 e. The average molecular weight is 315 g/mol. The van der Waals surface area contributed by atoms with Gasteiger partial charge in [0.15, 0.2) is 0 Å². The van der Waals surface area contributed by atoms with Crippen molar-refractivity contribution in [1.82, 2.24) is 10.3 Å². The van der Waals surface area contributed by atoms with Crippen molar-refractivity contribution >= 4 is 11.7 Å². The minimum absolute atomic E-state index is 0.226. The minimum atomic E-state index is -0.226. The predicted molar refractivity (Wildman–Crippen MR) is 94.8 cm³/mol. The molecule has 2 aromatic carbocycles. The Balaban J connectivity index is 1.43. The molecule has 1 aliphatic rings. The zero-order chi connectivity index (χ0) is 16.4. The van der Waals surface area contributed by atoms with E-state index in [1.165, 1.54) is 22.3 Å². The number of aromatic nitrogens is 1. The van der Waals surface area contributed by atoms with Crippen molar-refractivity contribution < 1.29 is 4.79 Å². The van der Waals surface area contributed by atoms with Crippen molar-refractivity contribution in [2.75, 3.05) is 5.32 Å². The molecular weight excluding hydrogens is 298 g/mol. The lowest BCUT2D eigenvalue weighted by Crippen LogP contribution is -2.28. The van der Waals surface area contributed by atoms with Crippen LogP contribution in [-0.2, 0) is 13.0 Å². The van der Waals surface area contributed by atoms with Gasteiger partial charge in [-0.25, -0.2) is 4.79 Å². The van der Waals surface area contributed by atoms with Crippen LogP contribution in [0, 0.1) is 0 Å². The van der Waals surface area contributed by atoms with E-state index in [1.54, 1.807) is 6.20 Å². The van der Waals surface area contributed by atoms with Gasteiger partial charge in [-0.3, -0.25) is 4.98 Å². The third kappa shape index (κ3) is 2.86. The van der Waals surface area contributed by atoms with E-state index in [0.29, 0.717) is 6.54 Å². The van der Waals surface area contributed by atoms with Gasteiger partial charge in [0.25, 0.3) is 0 Å². The Labute approximate surface area is 140 Å². The maximum atomic E-state index is 12.1. The molecule has 0 aliphatic heterocycles. The molecule has 0 unspecified atom stereocenters. The second kappa shape index (κ2) is 6.16. The average Bonchev–Trinajstić information content (AvgIpc) is 2.98. The molecule has 0 saturated heterocycles. The number of pyridine rings is 1. The summed E-state index contributed by atoms with van der Waals surface area (Å²) in [5, 5.41) is 5.71. The number of fused-ring (bicyclic) bond motifs is 3. The molecule has 4 heteroatoms. The number of benzene rings is 2. The van der Waals surface area contributed by atoms with Crippen LogP contribution in [0.25, 0.3) is 11.1 Å². The summed E-state index contributed by atoms with van der Waals surface area (Å²) in [7, 11) is 0. The number of nitrogens with one attached hydrogen (secondary N) is 2. The van der Waals surface area contributed by atoms with Gasteiger partial charge in [0.2, 0.25) is 0 Å². The molecule has 4 nitrogen and oxygen atoms in total. The largest absolute Gasteiger partial charge is 0.332 e. The van der Waals surface area contributed by atoms with Crippen molar-refractivity contribution in [2.45, 2.75) is 13.0 Å². The first-order valence-corrected chi connectivity index (χ1v) is 7.95. The molecule has 1 aromatic heterocycles. The topological polar surface area (TPSA) is 54.0 Å². The molecule has 2 amide bonds. The molecule has 3 aromatic rings. The lowest BCUT2D eigenvalue weighted by atomic mass is 10.1. The number of urea groups is 1. The first-order chi connectivity index (χ1) is 11.8. The van der Waals surface area contributed by atoms with Crippen molar-refractivity contribution in [1.29, 1.82) is 0 Å². The van der Waals surface area contributed by atoms with Crippen LogP contribution in [0.5, 0.6) is 0 Å². The summed E-state index contributed by atoms with van der Waals surface area (Å²) in [5.41, 5.74) is 6.77. The fraction of sp³-hybridized carbons (Fsp3) is 0.100. The van der Waals surface area contributed by atoms with Crippen LogP contribution < -0.4 is 10.6 Å². The van der Waals surface area contributed by atoms with Crippen molar-refractivity contribution in [3.05, 3.63) is 83.7 Å². The van der Waals surface area contributed by atoms with Crippen LogP contribution in [0.4, 0.5) is 10.5 Å². The maximum absolute atomic E-state index is 12.1. The lowest BCUT2D eigenvalue weighted by molar-refractivity contribution is 0.251. The van der Waals surface area contributed by atoms with Crippen LogP contribution in [0.15, 0.2) is 66.9 Å². The number of rotatable bonds is 3. The second-order valence-electron chi connectivity index (χ2n) is 5.83. The van der Waals surface area contributed by atoms with Crippen LogP contribution in [0.3, 0.4) is 0 Å². The molecule has 24 heavy (non-hydrogen) atoms. The Morgan fingerprint density at radius 2 is 1.79 bits per heavy atom. The number of carbonyl (C=O) groups excluding carboxylic acids is 1. The SMILES string of the molecule is O=C(NCc1ccccn1)Nc1ccc2c(c1)Cc1ccccc1-2. The molecule has 0 radical (unpaired) electrons. The monoisotopic (exact) mass is 315 g/mol. The van der Waals surface area contributed by atoms with E-state index < -0.39 is 0 Å². The van der Waals surface area contributed by atoms with Gasteiger partial charge in [-0.2, -0.15) is 0 Å². The Bertz CT molecular complexity index is 890. The second-order valence-corrected chi connectivity index (χ2v) is 5.83. The summed E-state index contributed by atoms with van der Waals surface area (Å²) >= 11 is 0. The van der Waals surface area contributed by atoms with Gasteiger partial charge in [-0.1, -0.05) is 36.4 Å². The first-order valence-electron chi connectivity index (χ1n) is 7.95. The minimum Gasteiger partial charge on any atom is -0.332 e. The van der Waals surface area contributed by atoms with Gasteiger partial charge in [0.1, 0.15) is 0 Å². The molecule has 118 valence electrons. The third-order valence-corrected chi connectivity index (χ3v) is 4.21. The summed E-state index contributed by atoms with van der Waals surface area (Å²) < 4.78 is 0. The highest BCUT2D eigenvalue weighted by molar-refractivity contribution is 5.90. The first kappa shape index (κ1) is 14.5. The standard InChI is InChI=1S/C20H17N3O/c24-20(22-13-17-6-3-4-10-21-17)23-16-8-9-19-15(12-16)11-14-5-1-2-7-18(14)19/h1-10,12H,11,13H2,(H2,22,23,24). The molecule has 0 atom stereocenters. The van der Waals surface area contributed by atoms with E-state index in [0.717, 1.165) is 17.8 Å². The number of nitrogens with zero attached hydrogens (tertiary/aromatic N) is 1. The van der Waals surface area contributed by atoms with E-state index in [1.807, 2.05) is 24.3 Å². The normalized spacial score (nSPS) is 11.5. The van der Waals surface area contributed by atoms with E-state index in [4.69, 9.17) is 0 Å². The number of anilines is 1. The van der Waals surface area contributed by atoms with Gasteiger partial charge < -0.3 is 10.6 Å². The summed E-state index contributed by atoms with van der Waals surface area (Å²) in [6.07, 6.45) is 2.63. The summed E-state index contributed by atoms with van der Waals surface area (Å²) in [4.78, 5) is 16.2. The Kier molecular flexibility index (Phi) is 3.71. The zero-order valence-corrected chi connectivity index (χ0v) is 13.1. The summed E-state index contributed by atoms with van der Waals surface area (Å²) in [6, 6.07) is 19.9. The zero-order valence-electron chi connectivity index (χ0n) is 13.1. The van der Waals surface area contributed by atoms with Crippen LogP contribution in [-0.4, -0.2) is 11.0 Å². The molecule has 2 N–H and O–H groups in total. The van der Waals surface area contributed by atoms with Crippen LogP contribution in [0.2, 0.25) is 0 Å². The number of hydrogen-bond donors (Lipinski definition) is 2. The summed E-state index contributed by atoms with van der Waals surface area (Å²) in [6.45, 7) is 0.406. The van der Waals surface area contributed by atoms with Gasteiger partial charge >= 0.3 is 6.03 Å². The molecule has 0 saturated carbocycles. The van der Waals surface area contributed by atoms with E-state index in [-0.39, 0.29) is 6.03 Å². The highest BCUT2D eigenvalue weighted by Crippen LogP contribution is 2.37. The Hall–Kier alpha value is -3.14. The predicted octanol–water partition coefficient (Wildman–Crippen LogP) is 3.97. The molecule has 0 spiro atoms. The van der Waals surface area contributed by atoms with Crippen molar-refractivity contribution in [3.63, 3.8) is 0 Å². The van der Waals surface area contributed by atoms with Crippen LogP contribution >= 0.6 is 0 Å². The van der Waals surface area contributed by atoms with Gasteiger partial charge in [0.05, 0.1) is 12.2 Å². The molecule has 1 heterocycles. The molecule has 0 fully saturated rings. The van der Waals surface area contributed by atoms with E-state index in [9.17, 15) is 4.79 Å². The fourth-order valence-electron chi connectivity index (χ4n) is 3.07. The highest BCUT2D eigenvalue weighted by atomic mass is 16.2. The van der Waals surface area contributed by atoms with E-state index in [2.05, 4.69) is 52.0 Å². The fourth-order valence-corrected chi connectivity index (χ4v) is 3.07. The quantitative estimate of drug-likeness (QED) is 0.601. The molecule has 1 aliphatic carbocycles. The van der Waals surface area contributed by atoms with Gasteiger partial charge in [-0.15, -0.1) is 0 Å². The number of carbonyl (C=O) groups is 1. The van der Waals surface area contributed by atoms with Crippen molar-refractivity contribution in [2.24, 2.45) is 0 Å². The Morgan fingerprint density at radius 1 is 0.958 bits per heavy atom. The smallest absolute Gasteiger partial charge is 0.319 e. The molecular formula is C20H17N3O. The molecule has 4 rings (SSSR count). The van der Waals surface area contributed by atoms with Gasteiger partial charge in [0, 0.05) is 11.9 Å². The number of amides is 2. The summed E-state index contributed by atoms with van der Waals surface area (Å²) in [5.74, 6) is 0. The lowest BCUT2D eigenvalue weighted by Gasteiger charge is -2.09. The van der Waals surface area contributed by atoms with Crippen molar-refractivity contribution in [3.8, 4) is 11.1 Å². The highest BCUT2D eigenvalue weighted by Gasteiger charge is 2.18. The number of hydrogen-bond acceptors (Lipinski definition) is 2. The third-order valence-electron chi connectivity index (χ3n) is 4.21. The Morgan fingerprint density at radius 3 is 2.67 bits per heavy atom. The van der Waals surface area contributed by atoms with Crippen LogP contribution in [0.1, 0.15) is 16.8 Å². The van der Waals surface area contributed by atoms with E-state index >= 15 is 0 Å².